The third-order valence-corrected chi connectivity index (χ3v) is 7.64. The van der Waals surface area contributed by atoms with Gasteiger partial charge in [-0.05, 0) is 68.2 Å². The molecule has 0 bridgehead atoms. The van der Waals surface area contributed by atoms with E-state index in [-0.39, 0.29) is 18.0 Å². The van der Waals surface area contributed by atoms with Crippen molar-refractivity contribution >= 4 is 22.0 Å². The van der Waals surface area contributed by atoms with Crippen molar-refractivity contribution in [2.24, 2.45) is 5.92 Å². The van der Waals surface area contributed by atoms with Gasteiger partial charge in [0.15, 0.2) is 0 Å². The fourth-order valence-corrected chi connectivity index (χ4v) is 5.84. The molecule has 1 heterocycles. The molecular formula is C29H41N3O3S. The average Bonchev–Trinajstić information content (AvgIpc) is 3.31. The number of rotatable bonds is 14. The van der Waals surface area contributed by atoms with Gasteiger partial charge in [0.05, 0.1) is 6.04 Å². The molecule has 0 saturated carbocycles. The molecule has 3 rings (SSSR count). The van der Waals surface area contributed by atoms with Gasteiger partial charge in [-0.3, -0.25) is 9.69 Å². The Balaban J connectivity index is 1.50. The monoisotopic (exact) mass is 511 g/mol. The van der Waals surface area contributed by atoms with E-state index in [9.17, 15) is 13.2 Å². The van der Waals surface area contributed by atoms with E-state index in [4.69, 9.17) is 0 Å². The number of sulfonamides is 1. The number of benzene rings is 2. The molecule has 0 radical (unpaired) electrons. The van der Waals surface area contributed by atoms with Crippen LogP contribution < -0.4 is 10.0 Å². The first kappa shape index (κ1) is 28.1. The highest BCUT2D eigenvalue weighted by Gasteiger charge is 2.32. The molecule has 0 aliphatic carbocycles. The number of aryl methyl sites for hydroxylation is 1. The van der Waals surface area contributed by atoms with E-state index < -0.39 is 10.0 Å². The first-order chi connectivity index (χ1) is 17.3. The second kappa shape index (κ2) is 14.3. The zero-order valence-corrected chi connectivity index (χ0v) is 22.4. The molecule has 2 aromatic carbocycles. The quantitative estimate of drug-likeness (QED) is 0.364. The summed E-state index contributed by atoms with van der Waals surface area (Å²) < 4.78 is 28.5. The van der Waals surface area contributed by atoms with Gasteiger partial charge in [0.2, 0.25) is 15.9 Å². The summed E-state index contributed by atoms with van der Waals surface area (Å²) in [7, 11) is -3.61. The summed E-state index contributed by atoms with van der Waals surface area (Å²) in [6, 6.07) is 19.3. The van der Waals surface area contributed by atoms with Crippen LogP contribution in [-0.4, -0.2) is 50.9 Å². The average molecular weight is 512 g/mol. The van der Waals surface area contributed by atoms with Crippen molar-refractivity contribution in [3.05, 3.63) is 77.2 Å². The molecule has 1 aliphatic heterocycles. The van der Waals surface area contributed by atoms with Crippen LogP contribution in [0.1, 0.15) is 57.1 Å². The minimum atomic E-state index is -3.61. The van der Waals surface area contributed by atoms with Gasteiger partial charge in [0.25, 0.3) is 0 Å². The number of nitrogens with one attached hydrogen (secondary N) is 2. The second-order valence-electron chi connectivity index (χ2n) is 10.1. The van der Waals surface area contributed by atoms with E-state index in [1.54, 1.807) is 6.08 Å². The van der Waals surface area contributed by atoms with Crippen molar-refractivity contribution in [1.82, 2.24) is 14.9 Å². The van der Waals surface area contributed by atoms with Gasteiger partial charge in [-0.25, -0.2) is 13.1 Å². The largest absolute Gasteiger partial charge is 0.355 e. The standard InChI is InChI=1S/C29H41N3O3S/c1-24(2)22-27(31-36(34,35)21-18-26-14-7-4-8-15-26)23-32-20-11-17-28(32)29(33)30-19-10-9-16-25-12-5-3-6-13-25/h3-8,12-15,18,21,24,27-28,31H,9-11,16-17,19-20,22-23H2,1-2H3,(H,30,33)/t27-,28-/m0/s1. The van der Waals surface area contributed by atoms with Crippen LogP contribution >= 0.6 is 0 Å². The van der Waals surface area contributed by atoms with Crippen LogP contribution in [0.4, 0.5) is 0 Å². The Morgan fingerprint density at radius 1 is 1.06 bits per heavy atom. The van der Waals surface area contributed by atoms with Gasteiger partial charge in [0, 0.05) is 24.5 Å². The third kappa shape index (κ3) is 9.88. The molecule has 0 spiro atoms. The number of nitrogens with zero attached hydrogens (tertiary/aromatic N) is 1. The SMILES string of the molecule is CC(C)C[C@@H](CN1CCC[C@H]1C(=O)NCCCCc1ccccc1)NS(=O)(=O)C=Cc1ccccc1. The maximum atomic E-state index is 12.9. The predicted octanol–water partition coefficient (Wildman–Crippen LogP) is 4.59. The number of unbranched alkanes of at least 4 members (excludes halogenated alkanes) is 1. The van der Waals surface area contributed by atoms with E-state index in [0.29, 0.717) is 25.4 Å². The van der Waals surface area contributed by atoms with Gasteiger partial charge in [-0.15, -0.1) is 0 Å². The molecule has 6 nitrogen and oxygen atoms in total. The van der Waals surface area contributed by atoms with Crippen molar-refractivity contribution in [3.63, 3.8) is 0 Å². The minimum absolute atomic E-state index is 0.0577. The van der Waals surface area contributed by atoms with Crippen molar-refractivity contribution in [3.8, 4) is 0 Å². The number of hydrogen-bond donors (Lipinski definition) is 2. The topological polar surface area (TPSA) is 78.5 Å². The Bertz CT molecular complexity index is 1060. The molecule has 1 amide bonds. The normalized spacial score (nSPS) is 17.6. The Morgan fingerprint density at radius 2 is 1.75 bits per heavy atom. The highest BCUT2D eigenvalue weighted by Crippen LogP contribution is 2.20. The van der Waals surface area contributed by atoms with Crippen molar-refractivity contribution in [2.45, 2.75) is 64.5 Å². The zero-order chi connectivity index (χ0) is 25.8. The van der Waals surface area contributed by atoms with Crippen LogP contribution in [0.3, 0.4) is 0 Å². The fourth-order valence-electron chi connectivity index (χ4n) is 4.79. The highest BCUT2D eigenvalue weighted by molar-refractivity contribution is 7.92. The van der Waals surface area contributed by atoms with E-state index >= 15 is 0 Å². The number of carbonyl (C=O) groups excluding carboxylic acids is 1. The van der Waals surface area contributed by atoms with Crippen LogP contribution in [0.25, 0.3) is 6.08 Å². The van der Waals surface area contributed by atoms with Gasteiger partial charge < -0.3 is 5.32 Å². The Hall–Kier alpha value is -2.48. The lowest BCUT2D eigenvalue weighted by molar-refractivity contribution is -0.125. The fraction of sp³-hybridized carbons (Fsp3) is 0.483. The summed E-state index contributed by atoms with van der Waals surface area (Å²) >= 11 is 0. The number of amides is 1. The number of likely N-dealkylation sites (tertiary alicyclic amines) is 1. The number of hydrogen-bond acceptors (Lipinski definition) is 4. The maximum Gasteiger partial charge on any atom is 0.237 e. The Kier molecular flexibility index (Phi) is 11.2. The first-order valence-electron chi connectivity index (χ1n) is 13.1. The Labute approximate surface area is 217 Å². The lowest BCUT2D eigenvalue weighted by atomic mass is 10.0. The van der Waals surface area contributed by atoms with Crippen molar-refractivity contribution < 1.29 is 13.2 Å². The summed E-state index contributed by atoms with van der Waals surface area (Å²) in [5.74, 6) is 0.387. The minimum Gasteiger partial charge on any atom is -0.355 e. The zero-order valence-electron chi connectivity index (χ0n) is 21.6. The smallest absolute Gasteiger partial charge is 0.237 e. The molecule has 1 saturated heterocycles. The molecular weight excluding hydrogens is 470 g/mol. The van der Waals surface area contributed by atoms with Gasteiger partial charge in [-0.1, -0.05) is 74.5 Å². The number of carbonyl (C=O) groups is 1. The molecule has 2 N–H and O–H groups in total. The summed E-state index contributed by atoms with van der Waals surface area (Å²) in [6.07, 6.45) is 7.07. The summed E-state index contributed by atoms with van der Waals surface area (Å²) in [4.78, 5) is 15.1. The summed E-state index contributed by atoms with van der Waals surface area (Å²) in [5.41, 5.74) is 2.16. The molecule has 7 heteroatoms. The van der Waals surface area contributed by atoms with Gasteiger partial charge >= 0.3 is 0 Å². The molecule has 0 aromatic heterocycles. The third-order valence-electron chi connectivity index (χ3n) is 6.48. The first-order valence-corrected chi connectivity index (χ1v) is 14.7. The van der Waals surface area contributed by atoms with E-state index in [1.807, 2.05) is 36.4 Å². The molecule has 2 aromatic rings. The van der Waals surface area contributed by atoms with Crippen molar-refractivity contribution in [1.29, 1.82) is 0 Å². The Morgan fingerprint density at radius 3 is 2.44 bits per heavy atom. The lowest BCUT2D eigenvalue weighted by Gasteiger charge is -2.29. The van der Waals surface area contributed by atoms with E-state index in [2.05, 4.69) is 53.1 Å². The van der Waals surface area contributed by atoms with Crippen LogP contribution in [0, 0.1) is 5.92 Å². The van der Waals surface area contributed by atoms with E-state index in [1.165, 1.54) is 11.0 Å². The van der Waals surface area contributed by atoms with Crippen LogP contribution in [0.2, 0.25) is 0 Å². The van der Waals surface area contributed by atoms with Crippen molar-refractivity contribution in [2.75, 3.05) is 19.6 Å². The molecule has 1 aliphatic rings. The predicted molar refractivity (Wildman–Crippen MR) is 148 cm³/mol. The van der Waals surface area contributed by atoms with Gasteiger partial charge in [0.1, 0.15) is 0 Å². The van der Waals surface area contributed by atoms with Crippen LogP contribution in [-0.2, 0) is 21.2 Å². The maximum absolute atomic E-state index is 12.9. The van der Waals surface area contributed by atoms with Crippen LogP contribution in [0.5, 0.6) is 0 Å². The molecule has 196 valence electrons. The molecule has 2 atom stereocenters. The van der Waals surface area contributed by atoms with Gasteiger partial charge in [-0.2, -0.15) is 0 Å². The highest BCUT2D eigenvalue weighted by atomic mass is 32.2. The summed E-state index contributed by atoms with van der Waals surface area (Å²) in [6.45, 7) is 6.18. The molecule has 0 unspecified atom stereocenters. The lowest BCUT2D eigenvalue weighted by Crippen LogP contribution is -2.49. The summed E-state index contributed by atoms with van der Waals surface area (Å²) in [5, 5.41) is 4.35. The second-order valence-corrected chi connectivity index (χ2v) is 11.7. The van der Waals surface area contributed by atoms with Crippen LogP contribution in [0.15, 0.2) is 66.1 Å². The molecule has 36 heavy (non-hydrogen) atoms. The molecule has 1 fully saturated rings. The van der Waals surface area contributed by atoms with E-state index in [0.717, 1.165) is 44.2 Å².